The highest BCUT2D eigenvalue weighted by Crippen LogP contribution is 2.49. The van der Waals surface area contributed by atoms with E-state index in [1.54, 1.807) is 30.4 Å². The van der Waals surface area contributed by atoms with Crippen molar-refractivity contribution < 1.29 is 17.6 Å². The quantitative estimate of drug-likeness (QED) is 0.165. The number of furan rings is 1. The molecule has 4 heteroatoms. The van der Waals surface area contributed by atoms with Crippen molar-refractivity contribution in [2.45, 2.75) is 13.1 Å². The van der Waals surface area contributed by atoms with Gasteiger partial charge in [0, 0.05) is 21.9 Å². The van der Waals surface area contributed by atoms with Crippen LogP contribution in [0.3, 0.4) is 0 Å². The van der Waals surface area contributed by atoms with E-state index in [1.807, 2.05) is 37.3 Å². The third-order valence-corrected chi connectivity index (χ3v) is 10.2. The van der Waals surface area contributed by atoms with Crippen LogP contribution in [0.2, 0.25) is 0 Å². The van der Waals surface area contributed by atoms with Gasteiger partial charge in [0.25, 0.3) is 0 Å². The fourth-order valence-electron chi connectivity index (χ4n) is 8.13. The number of rotatable bonds is 5. The van der Waals surface area contributed by atoms with Crippen LogP contribution in [0.4, 0.5) is 13.2 Å². The monoisotopic (exact) mass is 680 g/mol. The molecular weight excluding hydrogens is 650 g/mol. The summed E-state index contributed by atoms with van der Waals surface area (Å²) in [6.45, 7) is 5.64. The maximum atomic E-state index is 14.7. The molecular formula is C48H31F3O. The maximum absolute atomic E-state index is 14.7. The normalized spacial score (nSPS) is 12.2. The van der Waals surface area contributed by atoms with Crippen molar-refractivity contribution in [2.75, 3.05) is 0 Å². The lowest BCUT2D eigenvalue weighted by Crippen LogP contribution is -2.11. The second kappa shape index (κ2) is 12.1. The predicted molar refractivity (Wildman–Crippen MR) is 212 cm³/mol. The number of alkyl halides is 3. The smallest absolute Gasteiger partial charge is 0.417 e. The molecule has 0 saturated carbocycles. The van der Waals surface area contributed by atoms with Crippen molar-refractivity contribution >= 4 is 66.4 Å². The molecule has 0 atom stereocenters. The second-order valence-corrected chi connectivity index (χ2v) is 13.0. The van der Waals surface area contributed by atoms with E-state index in [-0.39, 0.29) is 10.9 Å². The summed E-state index contributed by atoms with van der Waals surface area (Å²) >= 11 is 0. The Morgan fingerprint density at radius 2 is 1.06 bits per heavy atom. The standard InChI is InChI=1S/C48H31F3O/c1-3-15-32-31(4-2)46(48(49,50)51)38-23-13-12-22-37(38)45(32)40-25-14-24-39-41-28-30(26-27-42(41)52-47(39)40)44-35-20-10-8-18-33(35)43(29-16-6-5-7-17-29)34-19-9-11-21-36(34)44/h3-28H,2H2,1H3/b15-3-. The summed E-state index contributed by atoms with van der Waals surface area (Å²) in [5.74, 6) is 0. The molecule has 0 spiro atoms. The first kappa shape index (κ1) is 31.6. The van der Waals surface area contributed by atoms with Gasteiger partial charge in [0.05, 0.1) is 5.56 Å². The first-order chi connectivity index (χ1) is 25.4. The molecule has 1 heterocycles. The summed E-state index contributed by atoms with van der Waals surface area (Å²) in [4.78, 5) is 0. The van der Waals surface area contributed by atoms with E-state index in [9.17, 15) is 13.2 Å². The van der Waals surface area contributed by atoms with E-state index in [1.165, 1.54) is 28.5 Å². The molecule has 0 aliphatic rings. The van der Waals surface area contributed by atoms with Gasteiger partial charge in [-0.05, 0) is 84.8 Å². The molecule has 0 aliphatic heterocycles. The average molecular weight is 681 g/mol. The minimum atomic E-state index is -4.58. The Hall–Kier alpha value is -6.39. The molecule has 0 saturated heterocycles. The van der Waals surface area contributed by atoms with Gasteiger partial charge in [0.2, 0.25) is 0 Å². The van der Waals surface area contributed by atoms with E-state index >= 15 is 0 Å². The molecule has 1 aromatic heterocycles. The minimum Gasteiger partial charge on any atom is -0.455 e. The van der Waals surface area contributed by atoms with Crippen LogP contribution in [0.25, 0.3) is 99.8 Å². The van der Waals surface area contributed by atoms with Crippen molar-refractivity contribution in [3.8, 4) is 33.4 Å². The minimum absolute atomic E-state index is 0.0485. The molecule has 0 amide bonds. The Bertz CT molecular complexity index is 2850. The van der Waals surface area contributed by atoms with Crippen LogP contribution in [0, 0.1) is 0 Å². The summed E-state index contributed by atoms with van der Waals surface area (Å²) in [6, 6.07) is 46.6. The van der Waals surface area contributed by atoms with Crippen LogP contribution in [0.1, 0.15) is 23.6 Å². The van der Waals surface area contributed by atoms with Gasteiger partial charge in [-0.25, -0.2) is 0 Å². The zero-order valence-electron chi connectivity index (χ0n) is 28.3. The first-order valence-electron chi connectivity index (χ1n) is 17.2. The Morgan fingerprint density at radius 3 is 1.63 bits per heavy atom. The molecule has 0 radical (unpaired) electrons. The largest absolute Gasteiger partial charge is 0.455 e. The topological polar surface area (TPSA) is 13.1 Å². The number of fused-ring (bicyclic) bond motifs is 6. The summed E-state index contributed by atoms with van der Waals surface area (Å²) < 4.78 is 50.8. The molecule has 250 valence electrons. The highest BCUT2D eigenvalue weighted by Gasteiger charge is 2.37. The molecule has 1 nitrogen and oxygen atoms in total. The fourth-order valence-corrected chi connectivity index (χ4v) is 8.13. The second-order valence-electron chi connectivity index (χ2n) is 13.0. The van der Waals surface area contributed by atoms with Gasteiger partial charge in [0.15, 0.2) is 0 Å². The molecule has 0 unspecified atom stereocenters. The summed E-state index contributed by atoms with van der Waals surface area (Å²) in [6.07, 6.45) is 0.247. The number of benzene rings is 8. The lowest BCUT2D eigenvalue weighted by atomic mass is 9.84. The molecule has 0 bridgehead atoms. The third kappa shape index (κ3) is 4.79. The van der Waals surface area contributed by atoms with Gasteiger partial charge in [-0.15, -0.1) is 0 Å². The van der Waals surface area contributed by atoms with Crippen molar-refractivity contribution in [2.24, 2.45) is 0 Å². The SMILES string of the molecule is C=Cc1c(/C=C\C)c(-c2cccc3c2oc2ccc(-c4c5ccccc5c(-c5ccccc5)c5ccccc45)cc23)c2ccccc2c1C(F)(F)F. The van der Waals surface area contributed by atoms with Crippen molar-refractivity contribution in [1.29, 1.82) is 0 Å². The highest BCUT2D eigenvalue weighted by molar-refractivity contribution is 6.22. The van der Waals surface area contributed by atoms with Gasteiger partial charge >= 0.3 is 6.18 Å². The van der Waals surface area contributed by atoms with E-state index in [0.717, 1.165) is 43.8 Å². The van der Waals surface area contributed by atoms with Crippen LogP contribution in [-0.4, -0.2) is 0 Å². The van der Waals surface area contributed by atoms with E-state index in [4.69, 9.17) is 4.42 Å². The molecule has 0 N–H and O–H groups in total. The Labute approximate surface area is 298 Å². The predicted octanol–water partition coefficient (Wildman–Crippen LogP) is 14.7. The maximum Gasteiger partial charge on any atom is 0.417 e. The Morgan fingerprint density at radius 1 is 0.519 bits per heavy atom. The van der Waals surface area contributed by atoms with Crippen LogP contribution < -0.4 is 0 Å². The fraction of sp³-hybridized carbons (Fsp3) is 0.0417. The van der Waals surface area contributed by atoms with Crippen LogP contribution in [0.5, 0.6) is 0 Å². The molecule has 0 fully saturated rings. The molecule has 0 aliphatic carbocycles. The Kier molecular flexibility index (Phi) is 7.37. The molecule has 52 heavy (non-hydrogen) atoms. The number of hydrogen-bond donors (Lipinski definition) is 0. The average Bonchev–Trinajstić information content (AvgIpc) is 3.55. The zero-order valence-corrected chi connectivity index (χ0v) is 28.3. The van der Waals surface area contributed by atoms with E-state index in [0.29, 0.717) is 27.7 Å². The van der Waals surface area contributed by atoms with Gasteiger partial charge in [-0.1, -0.05) is 152 Å². The first-order valence-corrected chi connectivity index (χ1v) is 17.2. The van der Waals surface area contributed by atoms with Crippen LogP contribution >= 0.6 is 0 Å². The van der Waals surface area contributed by atoms with E-state index < -0.39 is 11.7 Å². The number of allylic oxidation sites excluding steroid dienone is 1. The van der Waals surface area contributed by atoms with Crippen LogP contribution in [-0.2, 0) is 6.18 Å². The molecule has 9 aromatic rings. The molecule has 9 rings (SSSR count). The van der Waals surface area contributed by atoms with Gasteiger partial charge in [0.1, 0.15) is 11.2 Å². The highest BCUT2D eigenvalue weighted by atomic mass is 19.4. The summed E-state index contributed by atoms with van der Waals surface area (Å²) in [7, 11) is 0. The summed E-state index contributed by atoms with van der Waals surface area (Å²) in [5.41, 5.74) is 7.09. The number of hydrogen-bond acceptors (Lipinski definition) is 1. The number of halogens is 3. The lowest BCUT2D eigenvalue weighted by molar-refractivity contribution is -0.136. The molecule has 8 aromatic carbocycles. The van der Waals surface area contributed by atoms with Crippen LogP contribution in [0.15, 0.2) is 157 Å². The zero-order chi connectivity index (χ0) is 35.6. The van der Waals surface area contributed by atoms with Gasteiger partial charge < -0.3 is 4.42 Å². The van der Waals surface area contributed by atoms with Gasteiger partial charge in [-0.3, -0.25) is 0 Å². The Balaban J connectivity index is 1.34. The van der Waals surface area contributed by atoms with Gasteiger partial charge in [-0.2, -0.15) is 13.2 Å². The van der Waals surface area contributed by atoms with Crippen molar-refractivity contribution in [1.82, 2.24) is 0 Å². The third-order valence-electron chi connectivity index (χ3n) is 10.2. The van der Waals surface area contributed by atoms with E-state index in [2.05, 4.69) is 91.5 Å². The van der Waals surface area contributed by atoms with Crippen molar-refractivity contribution in [3.63, 3.8) is 0 Å². The van der Waals surface area contributed by atoms with Crippen molar-refractivity contribution in [3.05, 3.63) is 169 Å². The number of para-hydroxylation sites is 1. The summed E-state index contributed by atoms with van der Waals surface area (Å²) in [5, 5.41) is 7.09. The lowest BCUT2D eigenvalue weighted by Gasteiger charge is -2.21.